The first-order valence-electron chi connectivity index (χ1n) is 10.9. The molecule has 34 heavy (non-hydrogen) atoms. The van der Waals surface area contributed by atoms with Gasteiger partial charge in [-0.3, -0.25) is 4.79 Å². The van der Waals surface area contributed by atoms with Crippen molar-refractivity contribution in [3.8, 4) is 0 Å². The van der Waals surface area contributed by atoms with Gasteiger partial charge in [-0.2, -0.15) is 0 Å². The van der Waals surface area contributed by atoms with Crippen molar-refractivity contribution in [2.45, 2.75) is 24.0 Å². The standard InChI is InChI=1S/C27H25ClN4OS/c1-32(18-21-11-6-3-7-12-21)25-16-24(28)30-27(31-25)34-19-22-13-8-14-23(15-22)26(33)29-17-20-9-4-2-5-10-20/h2-16H,17-19H2,1H3,(H,29,33). The molecular formula is C27H25ClN4OS. The van der Waals surface area contributed by atoms with Gasteiger partial charge in [0.05, 0.1) is 0 Å². The largest absolute Gasteiger partial charge is 0.355 e. The molecule has 1 heterocycles. The van der Waals surface area contributed by atoms with Gasteiger partial charge in [-0.15, -0.1) is 0 Å². The molecule has 0 fully saturated rings. The van der Waals surface area contributed by atoms with E-state index < -0.39 is 0 Å². The van der Waals surface area contributed by atoms with Crippen LogP contribution < -0.4 is 10.2 Å². The molecular weight excluding hydrogens is 464 g/mol. The number of aromatic nitrogens is 2. The molecule has 0 bridgehead atoms. The van der Waals surface area contributed by atoms with E-state index in [0.29, 0.717) is 28.2 Å². The average molecular weight is 489 g/mol. The third-order valence-corrected chi connectivity index (χ3v) is 6.28. The first-order valence-corrected chi connectivity index (χ1v) is 12.3. The Morgan fingerprint density at radius 1 is 0.882 bits per heavy atom. The van der Waals surface area contributed by atoms with E-state index in [4.69, 9.17) is 11.6 Å². The van der Waals surface area contributed by atoms with Gasteiger partial charge in [-0.1, -0.05) is 96.2 Å². The summed E-state index contributed by atoms with van der Waals surface area (Å²) in [5.74, 6) is 1.29. The Morgan fingerprint density at radius 3 is 2.29 bits per heavy atom. The molecule has 4 rings (SSSR count). The van der Waals surface area contributed by atoms with Crippen molar-refractivity contribution < 1.29 is 4.79 Å². The highest BCUT2D eigenvalue weighted by Crippen LogP contribution is 2.25. The molecule has 0 spiro atoms. The molecule has 4 aromatic rings. The van der Waals surface area contributed by atoms with Crippen LogP contribution in [-0.2, 0) is 18.8 Å². The lowest BCUT2D eigenvalue weighted by Crippen LogP contribution is -2.22. The maximum absolute atomic E-state index is 12.6. The Kier molecular flexibility index (Phi) is 8.17. The predicted molar refractivity (Wildman–Crippen MR) is 139 cm³/mol. The van der Waals surface area contributed by atoms with Crippen molar-refractivity contribution in [2.24, 2.45) is 0 Å². The summed E-state index contributed by atoms with van der Waals surface area (Å²) in [7, 11) is 1.98. The van der Waals surface area contributed by atoms with Crippen molar-refractivity contribution in [1.29, 1.82) is 0 Å². The molecule has 0 saturated carbocycles. The SMILES string of the molecule is CN(Cc1ccccc1)c1cc(Cl)nc(SCc2cccc(C(=O)NCc3ccccc3)c2)n1. The third kappa shape index (κ3) is 6.83. The highest BCUT2D eigenvalue weighted by Gasteiger charge is 2.11. The molecule has 0 aliphatic heterocycles. The minimum atomic E-state index is -0.0977. The molecule has 0 radical (unpaired) electrons. The molecule has 0 saturated heterocycles. The van der Waals surface area contributed by atoms with Gasteiger partial charge in [0, 0.05) is 37.5 Å². The van der Waals surface area contributed by atoms with Crippen molar-refractivity contribution in [1.82, 2.24) is 15.3 Å². The molecule has 0 aliphatic rings. The van der Waals surface area contributed by atoms with Crippen LogP contribution in [0.25, 0.3) is 0 Å². The highest BCUT2D eigenvalue weighted by molar-refractivity contribution is 7.98. The van der Waals surface area contributed by atoms with E-state index in [1.54, 1.807) is 6.07 Å². The lowest BCUT2D eigenvalue weighted by atomic mass is 10.1. The van der Waals surface area contributed by atoms with E-state index in [9.17, 15) is 4.79 Å². The Hall–Kier alpha value is -3.35. The van der Waals surface area contributed by atoms with E-state index in [1.807, 2.05) is 84.7 Å². The number of carbonyl (C=O) groups excluding carboxylic acids is 1. The van der Waals surface area contributed by atoms with Crippen LogP contribution in [0.1, 0.15) is 27.0 Å². The molecule has 0 aliphatic carbocycles. The van der Waals surface area contributed by atoms with Crippen LogP contribution in [0.4, 0.5) is 5.82 Å². The van der Waals surface area contributed by atoms with Crippen molar-refractivity contribution in [3.63, 3.8) is 0 Å². The number of hydrogen-bond donors (Lipinski definition) is 1. The first-order chi connectivity index (χ1) is 16.6. The van der Waals surface area contributed by atoms with Crippen LogP contribution in [0.3, 0.4) is 0 Å². The summed E-state index contributed by atoms with van der Waals surface area (Å²) in [6.07, 6.45) is 0. The smallest absolute Gasteiger partial charge is 0.251 e. The van der Waals surface area contributed by atoms with Crippen molar-refractivity contribution in [3.05, 3.63) is 118 Å². The summed E-state index contributed by atoms with van der Waals surface area (Å²) in [6.45, 7) is 1.21. The second kappa shape index (κ2) is 11.7. The third-order valence-electron chi connectivity index (χ3n) is 5.17. The Balaban J connectivity index is 1.38. The van der Waals surface area contributed by atoms with Gasteiger partial charge in [0.1, 0.15) is 11.0 Å². The summed E-state index contributed by atoms with van der Waals surface area (Å²) >= 11 is 7.78. The Bertz CT molecular complexity index is 1240. The van der Waals surface area contributed by atoms with Gasteiger partial charge < -0.3 is 10.2 Å². The maximum Gasteiger partial charge on any atom is 0.251 e. The summed E-state index contributed by atoms with van der Waals surface area (Å²) in [5.41, 5.74) is 3.90. The second-order valence-electron chi connectivity index (χ2n) is 7.83. The van der Waals surface area contributed by atoms with Gasteiger partial charge in [-0.25, -0.2) is 9.97 Å². The van der Waals surface area contributed by atoms with E-state index in [0.717, 1.165) is 23.5 Å². The number of rotatable bonds is 9. The first kappa shape index (κ1) is 23.8. The fraction of sp³-hybridized carbons (Fsp3) is 0.148. The van der Waals surface area contributed by atoms with Crippen LogP contribution in [-0.4, -0.2) is 22.9 Å². The van der Waals surface area contributed by atoms with Crippen LogP contribution in [0.5, 0.6) is 0 Å². The van der Waals surface area contributed by atoms with Crippen molar-refractivity contribution >= 4 is 35.1 Å². The number of amides is 1. The number of nitrogens with one attached hydrogen (secondary N) is 1. The molecule has 7 heteroatoms. The number of thioether (sulfide) groups is 1. The van der Waals surface area contributed by atoms with Crippen LogP contribution in [0.2, 0.25) is 5.15 Å². The van der Waals surface area contributed by atoms with Crippen LogP contribution >= 0.6 is 23.4 Å². The Labute approximate surface area is 209 Å². The van der Waals surface area contributed by atoms with Gasteiger partial charge in [0.25, 0.3) is 5.91 Å². The van der Waals surface area contributed by atoms with E-state index in [2.05, 4.69) is 27.4 Å². The molecule has 0 atom stereocenters. The maximum atomic E-state index is 12.6. The molecule has 1 N–H and O–H groups in total. The normalized spacial score (nSPS) is 10.6. The summed E-state index contributed by atoms with van der Waals surface area (Å²) in [6, 6.07) is 29.4. The Morgan fingerprint density at radius 2 is 1.56 bits per heavy atom. The lowest BCUT2D eigenvalue weighted by Gasteiger charge is -2.19. The molecule has 0 unspecified atom stereocenters. The minimum absolute atomic E-state index is 0.0977. The predicted octanol–water partition coefficient (Wildman–Crippen LogP) is 5.99. The van der Waals surface area contributed by atoms with Crippen LogP contribution in [0, 0.1) is 0 Å². The van der Waals surface area contributed by atoms with Gasteiger partial charge in [0.2, 0.25) is 0 Å². The summed E-state index contributed by atoms with van der Waals surface area (Å²) in [4.78, 5) is 23.7. The number of anilines is 1. The monoisotopic (exact) mass is 488 g/mol. The van der Waals surface area contributed by atoms with E-state index >= 15 is 0 Å². The zero-order valence-electron chi connectivity index (χ0n) is 18.8. The van der Waals surface area contributed by atoms with Gasteiger partial charge >= 0.3 is 0 Å². The van der Waals surface area contributed by atoms with Gasteiger partial charge in [0.15, 0.2) is 5.16 Å². The quantitative estimate of drug-likeness (QED) is 0.178. The molecule has 3 aromatic carbocycles. The fourth-order valence-electron chi connectivity index (χ4n) is 3.41. The molecule has 1 amide bonds. The number of benzene rings is 3. The van der Waals surface area contributed by atoms with E-state index in [-0.39, 0.29) is 5.91 Å². The zero-order chi connectivity index (χ0) is 23.8. The number of carbonyl (C=O) groups is 1. The summed E-state index contributed by atoms with van der Waals surface area (Å²) in [5, 5.41) is 3.97. The molecule has 5 nitrogen and oxygen atoms in total. The molecule has 172 valence electrons. The van der Waals surface area contributed by atoms with Crippen molar-refractivity contribution in [2.75, 3.05) is 11.9 Å². The van der Waals surface area contributed by atoms with Gasteiger partial charge in [-0.05, 0) is 28.8 Å². The van der Waals surface area contributed by atoms with Crippen LogP contribution in [0.15, 0.2) is 96.2 Å². The average Bonchev–Trinajstić information content (AvgIpc) is 2.87. The minimum Gasteiger partial charge on any atom is -0.355 e. The topological polar surface area (TPSA) is 58.1 Å². The zero-order valence-corrected chi connectivity index (χ0v) is 20.4. The van der Waals surface area contributed by atoms with E-state index in [1.165, 1.54) is 17.3 Å². The number of nitrogens with zero attached hydrogens (tertiary/aromatic N) is 3. The fourth-order valence-corrected chi connectivity index (χ4v) is 4.44. The summed E-state index contributed by atoms with van der Waals surface area (Å²) < 4.78 is 0. The number of hydrogen-bond acceptors (Lipinski definition) is 5. The second-order valence-corrected chi connectivity index (χ2v) is 9.16. The number of halogens is 1. The highest BCUT2D eigenvalue weighted by atomic mass is 35.5. The lowest BCUT2D eigenvalue weighted by molar-refractivity contribution is 0.0951. The molecule has 1 aromatic heterocycles.